The number of morpholine rings is 1. The zero-order valence-corrected chi connectivity index (χ0v) is 18.4. The minimum atomic E-state index is -3.74. The number of sulfone groups is 1. The maximum absolute atomic E-state index is 13.3. The Labute approximate surface area is 179 Å². The van der Waals surface area contributed by atoms with Gasteiger partial charge in [0.25, 0.3) is 0 Å². The monoisotopic (exact) mass is 452 g/mol. The molecule has 7 nitrogen and oxygen atoms in total. The van der Waals surface area contributed by atoms with Gasteiger partial charge in [-0.25, -0.2) is 8.42 Å². The highest BCUT2D eigenvalue weighted by atomic mass is 32.3. The molecular weight excluding hydrogens is 424 g/mol. The predicted molar refractivity (Wildman–Crippen MR) is 118 cm³/mol. The zero-order chi connectivity index (χ0) is 21.2. The van der Waals surface area contributed by atoms with Gasteiger partial charge in [0.05, 0.1) is 28.8 Å². The molecule has 0 amide bonds. The normalized spacial score (nSPS) is 22.5. The van der Waals surface area contributed by atoms with Crippen LogP contribution >= 0.6 is 10.6 Å². The van der Waals surface area contributed by atoms with Crippen molar-refractivity contribution in [2.45, 2.75) is 21.6 Å². The fourth-order valence-electron chi connectivity index (χ4n) is 4.08. The third-order valence-corrected chi connectivity index (χ3v) is 9.83. The second-order valence-corrected chi connectivity index (χ2v) is 11.9. The van der Waals surface area contributed by atoms with Gasteiger partial charge in [0.2, 0.25) is 0 Å². The summed E-state index contributed by atoms with van der Waals surface area (Å²) in [6.45, 7) is 5.47. The minimum absolute atomic E-state index is 0.190. The molecule has 1 atom stereocenters. The molecular formula is C21H28N2O5S2. The number of nitrogens with zero attached hydrogens (tertiary/aromatic N) is 1. The van der Waals surface area contributed by atoms with Crippen molar-refractivity contribution in [3.63, 3.8) is 0 Å². The molecule has 0 aliphatic carbocycles. The molecule has 2 aliphatic heterocycles. The van der Waals surface area contributed by atoms with Gasteiger partial charge in [-0.1, -0.05) is 30.3 Å². The summed E-state index contributed by atoms with van der Waals surface area (Å²) in [6.07, 6.45) is 0. The first-order chi connectivity index (χ1) is 14.4. The van der Waals surface area contributed by atoms with E-state index in [1.165, 1.54) is 0 Å². The molecule has 2 aromatic carbocycles. The summed E-state index contributed by atoms with van der Waals surface area (Å²) in [6, 6.07) is 13.5. The van der Waals surface area contributed by atoms with E-state index in [4.69, 9.17) is 4.74 Å². The van der Waals surface area contributed by atoms with Gasteiger partial charge in [-0.05, 0) is 29.3 Å². The van der Waals surface area contributed by atoms with E-state index in [1.54, 1.807) is 42.5 Å². The maximum atomic E-state index is 13.3. The van der Waals surface area contributed by atoms with E-state index in [2.05, 4.69) is 10.2 Å². The van der Waals surface area contributed by atoms with Crippen LogP contribution in [0.4, 0.5) is 0 Å². The molecule has 4 rings (SSSR count). The van der Waals surface area contributed by atoms with Crippen LogP contribution in [0.25, 0.3) is 0 Å². The lowest BCUT2D eigenvalue weighted by Gasteiger charge is -2.27. The summed E-state index contributed by atoms with van der Waals surface area (Å²) in [4.78, 5) is 2.89. The van der Waals surface area contributed by atoms with Crippen LogP contribution in [0.1, 0.15) is 16.4 Å². The fraction of sp³-hybridized carbons (Fsp3) is 0.429. The van der Waals surface area contributed by atoms with Crippen LogP contribution in [0, 0.1) is 0 Å². The molecule has 3 N–H and O–H groups in total. The number of benzene rings is 2. The lowest BCUT2D eigenvalue weighted by molar-refractivity contribution is 0.0384. The van der Waals surface area contributed by atoms with Crippen molar-refractivity contribution < 1.29 is 22.3 Å². The Morgan fingerprint density at radius 3 is 2.53 bits per heavy atom. The molecule has 2 aliphatic rings. The molecule has 1 unspecified atom stereocenters. The van der Waals surface area contributed by atoms with Gasteiger partial charge in [0.1, 0.15) is 5.25 Å². The highest BCUT2D eigenvalue weighted by Gasteiger charge is 2.44. The zero-order valence-electron chi connectivity index (χ0n) is 16.7. The van der Waals surface area contributed by atoms with Crippen LogP contribution < -0.4 is 5.32 Å². The summed E-state index contributed by atoms with van der Waals surface area (Å²) >= 11 is 0. The van der Waals surface area contributed by atoms with Crippen LogP contribution in [0.5, 0.6) is 0 Å². The van der Waals surface area contributed by atoms with Crippen molar-refractivity contribution in [1.29, 1.82) is 0 Å². The largest absolute Gasteiger partial charge is 0.379 e. The average Bonchev–Trinajstić information content (AvgIpc) is 3.05. The van der Waals surface area contributed by atoms with E-state index in [9.17, 15) is 17.5 Å². The predicted octanol–water partition coefficient (Wildman–Crippen LogP) is 2.75. The lowest BCUT2D eigenvalue weighted by Crippen LogP contribution is -2.40. The topological polar surface area (TPSA) is 99.1 Å². The SMILES string of the molecule is O=S(=O)(c1ccccc1)C1CS(O)(O)c2cccc(CNCCN3CCOCC3)c21. The van der Waals surface area contributed by atoms with Gasteiger partial charge < -0.3 is 10.1 Å². The highest BCUT2D eigenvalue weighted by molar-refractivity contribution is 8.25. The summed E-state index contributed by atoms with van der Waals surface area (Å²) in [5.74, 6) is -0.190. The van der Waals surface area contributed by atoms with E-state index in [0.717, 1.165) is 45.0 Å². The second-order valence-electron chi connectivity index (χ2n) is 7.64. The second kappa shape index (κ2) is 8.96. The van der Waals surface area contributed by atoms with Crippen LogP contribution in [-0.4, -0.2) is 67.6 Å². The first kappa shape index (κ1) is 21.8. The summed E-state index contributed by atoms with van der Waals surface area (Å²) in [5, 5.41) is 2.43. The first-order valence-corrected chi connectivity index (χ1v) is 13.3. The van der Waals surface area contributed by atoms with Crippen molar-refractivity contribution in [2.24, 2.45) is 0 Å². The van der Waals surface area contributed by atoms with Crippen molar-refractivity contribution in [1.82, 2.24) is 10.2 Å². The first-order valence-electron chi connectivity index (χ1n) is 10.1. The van der Waals surface area contributed by atoms with Crippen molar-refractivity contribution in [3.05, 3.63) is 59.7 Å². The molecule has 164 valence electrons. The Hall–Kier alpha value is -1.46. The Bertz CT molecular complexity index is 976. The number of ether oxygens (including phenoxy) is 1. The van der Waals surface area contributed by atoms with Gasteiger partial charge in [0.15, 0.2) is 9.84 Å². The van der Waals surface area contributed by atoms with Gasteiger partial charge in [-0.15, -0.1) is 0 Å². The van der Waals surface area contributed by atoms with Gasteiger partial charge in [0, 0.05) is 32.7 Å². The van der Waals surface area contributed by atoms with Crippen molar-refractivity contribution in [3.8, 4) is 0 Å². The Morgan fingerprint density at radius 1 is 1.07 bits per heavy atom. The number of nitrogens with one attached hydrogen (secondary N) is 1. The smallest absolute Gasteiger partial charge is 0.187 e. The summed E-state index contributed by atoms with van der Waals surface area (Å²) in [5.41, 5.74) is 1.34. The maximum Gasteiger partial charge on any atom is 0.187 e. The number of rotatable bonds is 7. The molecule has 2 heterocycles. The third kappa shape index (κ3) is 4.43. The highest BCUT2D eigenvalue weighted by Crippen LogP contribution is 2.62. The van der Waals surface area contributed by atoms with Gasteiger partial charge in [-0.3, -0.25) is 14.0 Å². The van der Waals surface area contributed by atoms with Gasteiger partial charge in [-0.2, -0.15) is 10.6 Å². The molecule has 0 spiro atoms. The third-order valence-electron chi connectivity index (χ3n) is 5.68. The molecule has 2 aromatic rings. The molecule has 1 saturated heterocycles. The Balaban J connectivity index is 1.55. The lowest BCUT2D eigenvalue weighted by atomic mass is 10.1. The molecule has 0 saturated carbocycles. The van der Waals surface area contributed by atoms with E-state index >= 15 is 0 Å². The van der Waals surface area contributed by atoms with Crippen LogP contribution in [-0.2, 0) is 21.1 Å². The number of fused-ring (bicyclic) bond motifs is 1. The molecule has 9 heteroatoms. The Kier molecular flexibility index (Phi) is 6.50. The molecule has 0 aromatic heterocycles. The number of hydrogen-bond donors (Lipinski definition) is 3. The quantitative estimate of drug-likeness (QED) is 0.556. The standard InChI is InChI=1S/C21H28N2O5S2/c24-29(25)16-20(30(26,27)18-6-2-1-3-7-18)21-17(5-4-8-19(21)29)15-22-9-10-23-11-13-28-14-12-23/h1-8,20,22,24-25H,9-16H2. The average molecular weight is 453 g/mol. The number of hydrogen-bond acceptors (Lipinski definition) is 7. The van der Waals surface area contributed by atoms with E-state index < -0.39 is 25.7 Å². The molecule has 1 fully saturated rings. The fourth-order valence-corrected chi connectivity index (χ4v) is 8.59. The molecule has 0 bridgehead atoms. The van der Waals surface area contributed by atoms with Gasteiger partial charge >= 0.3 is 0 Å². The van der Waals surface area contributed by atoms with E-state index in [-0.39, 0.29) is 10.6 Å². The summed E-state index contributed by atoms with van der Waals surface area (Å²) in [7, 11) is -6.89. The Morgan fingerprint density at radius 2 is 1.80 bits per heavy atom. The minimum Gasteiger partial charge on any atom is -0.379 e. The van der Waals surface area contributed by atoms with Crippen LogP contribution in [0.3, 0.4) is 0 Å². The summed E-state index contributed by atoms with van der Waals surface area (Å²) < 4.78 is 53.3. The molecule has 30 heavy (non-hydrogen) atoms. The van der Waals surface area contributed by atoms with E-state index in [0.29, 0.717) is 17.0 Å². The van der Waals surface area contributed by atoms with Crippen molar-refractivity contribution in [2.75, 3.05) is 45.1 Å². The van der Waals surface area contributed by atoms with E-state index in [1.807, 2.05) is 6.07 Å². The van der Waals surface area contributed by atoms with Crippen LogP contribution in [0.2, 0.25) is 0 Å². The molecule has 0 radical (unpaired) electrons. The van der Waals surface area contributed by atoms with Crippen molar-refractivity contribution >= 4 is 20.4 Å². The van der Waals surface area contributed by atoms with Crippen LogP contribution in [0.15, 0.2) is 58.3 Å².